The molecule has 4 aromatic carbocycles. The van der Waals surface area contributed by atoms with E-state index in [1.54, 1.807) is 18.2 Å². The van der Waals surface area contributed by atoms with Crippen LogP contribution in [-0.2, 0) is 19.6 Å². The van der Waals surface area contributed by atoms with Crippen molar-refractivity contribution in [1.29, 1.82) is 0 Å². The number of carboxylic acids is 1. The molecule has 184 valence electrons. The van der Waals surface area contributed by atoms with Crippen molar-refractivity contribution in [3.63, 3.8) is 0 Å². The van der Waals surface area contributed by atoms with Gasteiger partial charge in [-0.15, -0.1) is 0 Å². The summed E-state index contributed by atoms with van der Waals surface area (Å²) in [6.07, 6.45) is 1.96. The third-order valence-corrected chi connectivity index (χ3v) is 7.58. The first-order valence-corrected chi connectivity index (χ1v) is 12.6. The molecule has 1 unspecified atom stereocenters. The maximum atomic E-state index is 13.2. The lowest BCUT2D eigenvalue weighted by Gasteiger charge is -2.24. The summed E-state index contributed by atoms with van der Waals surface area (Å²) in [4.78, 5) is 26.6. The minimum absolute atomic E-state index is 0.0728. The average Bonchev–Trinajstić information content (AvgIpc) is 3.48. The number of carbonyl (C=O) groups is 2. The fourth-order valence-electron chi connectivity index (χ4n) is 5.40. The van der Waals surface area contributed by atoms with Gasteiger partial charge in [0.15, 0.2) is 0 Å². The molecule has 0 saturated carbocycles. The molecule has 1 heterocycles. The number of nitrogens with zero attached hydrogens (tertiary/aromatic N) is 1. The standard InChI is InChI=1S/C31H24ClNO4/c32-28-12-8-22(16-27(28)31(35)36)21-6-3-4-19(14-21)18-37-24-10-11-26-23(15-24)17-33(30(26)34)29-13-9-20-5-1-2-7-25(20)29/h1-8,10-12,14-16,29H,9,13,17-18H2,(H,35,36). The summed E-state index contributed by atoms with van der Waals surface area (Å²) in [6, 6.07) is 27.0. The molecular weight excluding hydrogens is 486 g/mol. The van der Waals surface area contributed by atoms with Crippen LogP contribution in [0.15, 0.2) is 84.9 Å². The van der Waals surface area contributed by atoms with Crippen LogP contribution in [0.2, 0.25) is 5.02 Å². The number of ether oxygens (including phenoxy) is 1. The van der Waals surface area contributed by atoms with Crippen molar-refractivity contribution in [2.24, 2.45) is 0 Å². The van der Waals surface area contributed by atoms with Crippen LogP contribution in [0.25, 0.3) is 11.1 Å². The minimum Gasteiger partial charge on any atom is -0.489 e. The van der Waals surface area contributed by atoms with Crippen molar-refractivity contribution < 1.29 is 19.4 Å². The van der Waals surface area contributed by atoms with Gasteiger partial charge in [-0.05, 0) is 82.6 Å². The molecule has 6 rings (SSSR count). The van der Waals surface area contributed by atoms with Crippen molar-refractivity contribution in [3.05, 3.63) is 123 Å². The molecule has 0 spiro atoms. The normalized spacial score (nSPS) is 16.0. The molecule has 1 aliphatic heterocycles. The van der Waals surface area contributed by atoms with Gasteiger partial charge >= 0.3 is 5.97 Å². The SMILES string of the molecule is O=C(O)c1cc(-c2cccc(COc3ccc4c(c3)CN(C3CCc5ccccc53)C4=O)c2)ccc1Cl. The van der Waals surface area contributed by atoms with Gasteiger partial charge in [0, 0.05) is 12.1 Å². The predicted octanol–water partition coefficient (Wildman–Crippen LogP) is 6.93. The zero-order chi connectivity index (χ0) is 25.5. The summed E-state index contributed by atoms with van der Waals surface area (Å²) in [5, 5.41) is 9.59. The Morgan fingerprint density at radius 2 is 1.78 bits per heavy atom. The quantitative estimate of drug-likeness (QED) is 0.306. The van der Waals surface area contributed by atoms with E-state index < -0.39 is 5.97 Å². The zero-order valence-corrected chi connectivity index (χ0v) is 20.7. The Bertz CT molecular complexity index is 1550. The van der Waals surface area contributed by atoms with Gasteiger partial charge in [0.25, 0.3) is 5.91 Å². The smallest absolute Gasteiger partial charge is 0.337 e. The molecule has 1 N–H and O–H groups in total. The molecule has 5 nitrogen and oxygen atoms in total. The molecule has 37 heavy (non-hydrogen) atoms. The number of fused-ring (bicyclic) bond motifs is 2. The van der Waals surface area contributed by atoms with E-state index in [1.165, 1.54) is 11.1 Å². The number of halogens is 1. The number of hydrogen-bond donors (Lipinski definition) is 1. The first-order chi connectivity index (χ1) is 18.0. The van der Waals surface area contributed by atoms with Crippen LogP contribution in [-0.4, -0.2) is 21.9 Å². The molecule has 4 aromatic rings. The number of aromatic carboxylic acids is 1. The Morgan fingerprint density at radius 1 is 0.946 bits per heavy atom. The van der Waals surface area contributed by atoms with Crippen LogP contribution >= 0.6 is 11.6 Å². The monoisotopic (exact) mass is 509 g/mol. The van der Waals surface area contributed by atoms with Gasteiger partial charge in [-0.25, -0.2) is 4.79 Å². The van der Waals surface area contributed by atoms with Gasteiger partial charge in [0.1, 0.15) is 12.4 Å². The molecule has 0 radical (unpaired) electrons. The van der Waals surface area contributed by atoms with E-state index in [1.807, 2.05) is 53.4 Å². The van der Waals surface area contributed by atoms with Gasteiger partial charge in [0.05, 0.1) is 16.6 Å². The lowest BCUT2D eigenvalue weighted by atomic mass is 10.0. The lowest BCUT2D eigenvalue weighted by molar-refractivity contribution is 0.0690. The van der Waals surface area contributed by atoms with Crippen molar-refractivity contribution in [3.8, 4) is 16.9 Å². The van der Waals surface area contributed by atoms with E-state index in [-0.39, 0.29) is 22.5 Å². The lowest BCUT2D eigenvalue weighted by Crippen LogP contribution is -2.27. The maximum Gasteiger partial charge on any atom is 0.337 e. The highest BCUT2D eigenvalue weighted by molar-refractivity contribution is 6.33. The molecule has 0 fully saturated rings. The van der Waals surface area contributed by atoms with Gasteiger partial charge < -0.3 is 14.7 Å². The summed E-state index contributed by atoms with van der Waals surface area (Å²) in [5.41, 5.74) is 7.00. The molecule has 2 aliphatic rings. The molecule has 0 bridgehead atoms. The summed E-state index contributed by atoms with van der Waals surface area (Å²) in [7, 11) is 0. The molecule has 1 aliphatic carbocycles. The second kappa shape index (κ2) is 9.41. The largest absolute Gasteiger partial charge is 0.489 e. The molecule has 1 atom stereocenters. The number of rotatable bonds is 6. The van der Waals surface area contributed by atoms with E-state index >= 15 is 0 Å². The van der Waals surface area contributed by atoms with E-state index in [0.717, 1.165) is 40.7 Å². The Morgan fingerprint density at radius 3 is 2.65 bits per heavy atom. The third kappa shape index (κ3) is 4.36. The first kappa shape index (κ1) is 23.3. The van der Waals surface area contributed by atoms with Crippen LogP contribution in [0, 0.1) is 0 Å². The summed E-state index contributed by atoms with van der Waals surface area (Å²) in [6.45, 7) is 0.933. The fraction of sp³-hybridized carbons (Fsp3) is 0.161. The fourth-order valence-corrected chi connectivity index (χ4v) is 5.59. The van der Waals surface area contributed by atoms with Crippen LogP contribution < -0.4 is 4.74 Å². The second-order valence-corrected chi connectivity index (χ2v) is 9.90. The van der Waals surface area contributed by atoms with Crippen molar-refractivity contribution >= 4 is 23.5 Å². The van der Waals surface area contributed by atoms with Gasteiger partial charge in [-0.1, -0.05) is 60.1 Å². The Kier molecular flexibility index (Phi) is 5.93. The summed E-state index contributed by atoms with van der Waals surface area (Å²) >= 11 is 6.02. The van der Waals surface area contributed by atoms with Gasteiger partial charge in [0.2, 0.25) is 0 Å². The average molecular weight is 510 g/mol. The second-order valence-electron chi connectivity index (χ2n) is 9.49. The Balaban J connectivity index is 1.17. The zero-order valence-electron chi connectivity index (χ0n) is 20.0. The van der Waals surface area contributed by atoms with E-state index in [4.69, 9.17) is 16.3 Å². The molecule has 6 heteroatoms. The van der Waals surface area contributed by atoms with Crippen LogP contribution in [0.1, 0.15) is 55.4 Å². The number of aryl methyl sites for hydroxylation is 1. The highest BCUT2D eigenvalue weighted by Gasteiger charge is 2.36. The molecular formula is C31H24ClNO4. The van der Waals surface area contributed by atoms with Gasteiger partial charge in [-0.2, -0.15) is 0 Å². The van der Waals surface area contributed by atoms with Crippen LogP contribution in [0.3, 0.4) is 0 Å². The van der Waals surface area contributed by atoms with Crippen LogP contribution in [0.5, 0.6) is 5.75 Å². The van der Waals surface area contributed by atoms with Crippen LogP contribution in [0.4, 0.5) is 0 Å². The number of benzene rings is 4. The predicted molar refractivity (Wildman–Crippen MR) is 142 cm³/mol. The van der Waals surface area contributed by atoms with E-state index in [0.29, 0.717) is 18.9 Å². The highest BCUT2D eigenvalue weighted by Crippen LogP contribution is 2.40. The molecule has 0 aromatic heterocycles. The Hall–Kier alpha value is -4.09. The van der Waals surface area contributed by atoms with Crippen molar-refractivity contribution in [1.82, 2.24) is 4.90 Å². The number of carbonyl (C=O) groups excluding carboxylic acids is 1. The first-order valence-electron chi connectivity index (χ1n) is 12.2. The number of hydrogen-bond acceptors (Lipinski definition) is 3. The van der Waals surface area contributed by atoms with Crippen molar-refractivity contribution in [2.45, 2.75) is 32.0 Å². The molecule has 0 saturated heterocycles. The highest BCUT2D eigenvalue weighted by atomic mass is 35.5. The Labute approximate surface area is 219 Å². The minimum atomic E-state index is -1.06. The summed E-state index contributed by atoms with van der Waals surface area (Å²) in [5.74, 6) is -0.262. The maximum absolute atomic E-state index is 13.2. The van der Waals surface area contributed by atoms with E-state index in [9.17, 15) is 14.7 Å². The van der Waals surface area contributed by atoms with Gasteiger partial charge in [-0.3, -0.25) is 4.79 Å². The number of carboxylic acid groups (broad SMARTS) is 1. The van der Waals surface area contributed by atoms with E-state index in [2.05, 4.69) is 18.2 Å². The summed E-state index contributed by atoms with van der Waals surface area (Å²) < 4.78 is 6.10. The topological polar surface area (TPSA) is 66.8 Å². The van der Waals surface area contributed by atoms with Crippen molar-refractivity contribution in [2.75, 3.05) is 0 Å². The molecule has 1 amide bonds. The number of amides is 1. The third-order valence-electron chi connectivity index (χ3n) is 7.25.